The van der Waals surface area contributed by atoms with E-state index in [-0.39, 0.29) is 12.0 Å². The Morgan fingerprint density at radius 1 is 1.39 bits per heavy atom. The molecule has 1 amide bonds. The van der Waals surface area contributed by atoms with Crippen molar-refractivity contribution >= 4 is 11.6 Å². The number of amides is 1. The maximum absolute atomic E-state index is 11.2. The summed E-state index contributed by atoms with van der Waals surface area (Å²) >= 11 is 0. The molecule has 0 aliphatic carbocycles. The number of carbonyl (C=O) groups is 1. The lowest BCUT2D eigenvalue weighted by Gasteiger charge is -2.25. The van der Waals surface area contributed by atoms with Crippen LogP contribution in [-0.4, -0.2) is 32.1 Å². The molecule has 3 rings (SSSR count). The second-order valence-corrected chi connectivity index (χ2v) is 4.60. The SMILES string of the molecule is O=C1CCN(c2cccc(C3CNCCO3)c2)N1. The fourth-order valence-corrected chi connectivity index (χ4v) is 2.34. The van der Waals surface area contributed by atoms with Crippen LogP contribution in [0.15, 0.2) is 24.3 Å². The maximum Gasteiger partial charge on any atom is 0.240 e. The fourth-order valence-electron chi connectivity index (χ4n) is 2.34. The van der Waals surface area contributed by atoms with Gasteiger partial charge in [-0.05, 0) is 17.7 Å². The number of anilines is 1. The van der Waals surface area contributed by atoms with Crippen molar-refractivity contribution in [3.8, 4) is 0 Å². The second kappa shape index (κ2) is 4.96. The number of carbonyl (C=O) groups excluding carboxylic acids is 1. The lowest BCUT2D eigenvalue weighted by Crippen LogP contribution is -2.34. The first kappa shape index (κ1) is 11.5. The molecule has 0 spiro atoms. The summed E-state index contributed by atoms with van der Waals surface area (Å²) in [7, 11) is 0. The topological polar surface area (TPSA) is 53.6 Å². The van der Waals surface area contributed by atoms with Crippen molar-refractivity contribution in [2.45, 2.75) is 12.5 Å². The normalized spacial score (nSPS) is 24.1. The lowest BCUT2D eigenvalue weighted by atomic mass is 10.1. The van der Waals surface area contributed by atoms with E-state index in [4.69, 9.17) is 4.74 Å². The average Bonchev–Trinajstić information content (AvgIpc) is 2.87. The zero-order valence-electron chi connectivity index (χ0n) is 10.2. The Balaban J connectivity index is 1.78. The average molecular weight is 247 g/mol. The number of hydrogen-bond donors (Lipinski definition) is 2. The van der Waals surface area contributed by atoms with Crippen molar-refractivity contribution in [2.75, 3.05) is 31.3 Å². The van der Waals surface area contributed by atoms with E-state index in [1.807, 2.05) is 17.1 Å². The molecule has 2 aliphatic rings. The predicted octanol–water partition coefficient (Wildman–Crippen LogP) is 0.589. The van der Waals surface area contributed by atoms with Gasteiger partial charge in [-0.25, -0.2) is 0 Å². The third kappa shape index (κ3) is 2.32. The molecule has 0 aromatic heterocycles. The Hall–Kier alpha value is -1.59. The first-order chi connectivity index (χ1) is 8.83. The van der Waals surface area contributed by atoms with E-state index in [2.05, 4.69) is 22.9 Å². The quantitative estimate of drug-likeness (QED) is 0.803. The predicted molar refractivity (Wildman–Crippen MR) is 68.1 cm³/mol. The molecular formula is C13H17N3O2. The van der Waals surface area contributed by atoms with Gasteiger partial charge in [-0.3, -0.25) is 15.2 Å². The molecule has 2 saturated heterocycles. The smallest absolute Gasteiger partial charge is 0.240 e. The lowest BCUT2D eigenvalue weighted by molar-refractivity contribution is -0.119. The third-order valence-electron chi connectivity index (χ3n) is 3.30. The zero-order chi connectivity index (χ0) is 12.4. The van der Waals surface area contributed by atoms with Crippen molar-refractivity contribution in [1.29, 1.82) is 0 Å². The van der Waals surface area contributed by atoms with Gasteiger partial charge in [0.25, 0.3) is 0 Å². The van der Waals surface area contributed by atoms with E-state index in [1.54, 1.807) is 0 Å². The molecular weight excluding hydrogens is 230 g/mol. The summed E-state index contributed by atoms with van der Waals surface area (Å²) in [6.07, 6.45) is 0.670. The summed E-state index contributed by atoms with van der Waals surface area (Å²) in [5, 5.41) is 5.21. The Bertz CT molecular complexity index is 444. The Morgan fingerprint density at radius 3 is 3.06 bits per heavy atom. The van der Waals surface area contributed by atoms with Crippen LogP contribution in [0.25, 0.3) is 0 Å². The van der Waals surface area contributed by atoms with Gasteiger partial charge < -0.3 is 10.1 Å². The van der Waals surface area contributed by atoms with E-state index in [1.165, 1.54) is 0 Å². The molecule has 18 heavy (non-hydrogen) atoms. The van der Waals surface area contributed by atoms with E-state index in [0.717, 1.165) is 37.5 Å². The fraction of sp³-hybridized carbons (Fsp3) is 0.462. The van der Waals surface area contributed by atoms with Crippen LogP contribution in [0.4, 0.5) is 5.69 Å². The highest BCUT2D eigenvalue weighted by molar-refractivity contribution is 5.81. The molecule has 5 heteroatoms. The number of rotatable bonds is 2. The number of morpholine rings is 1. The summed E-state index contributed by atoms with van der Waals surface area (Å²) < 4.78 is 5.73. The van der Waals surface area contributed by atoms with E-state index < -0.39 is 0 Å². The highest BCUT2D eigenvalue weighted by Crippen LogP contribution is 2.24. The van der Waals surface area contributed by atoms with E-state index in [0.29, 0.717) is 6.42 Å². The van der Waals surface area contributed by atoms with Gasteiger partial charge in [0.15, 0.2) is 0 Å². The van der Waals surface area contributed by atoms with Crippen LogP contribution in [0.2, 0.25) is 0 Å². The number of ether oxygens (including phenoxy) is 1. The third-order valence-corrected chi connectivity index (χ3v) is 3.30. The second-order valence-electron chi connectivity index (χ2n) is 4.60. The summed E-state index contributed by atoms with van der Waals surface area (Å²) in [4.78, 5) is 11.2. The number of hydrazine groups is 1. The number of hydrogen-bond acceptors (Lipinski definition) is 4. The molecule has 1 aromatic carbocycles. The van der Waals surface area contributed by atoms with Gasteiger partial charge in [-0.1, -0.05) is 12.1 Å². The molecule has 2 aliphatic heterocycles. The van der Waals surface area contributed by atoms with Gasteiger partial charge in [0.05, 0.1) is 18.4 Å². The standard InChI is InChI=1S/C13H17N3O2/c17-13-4-6-16(15-13)11-3-1-2-10(8-11)12-9-14-5-7-18-12/h1-3,8,12,14H,4-7,9H2,(H,15,17). The van der Waals surface area contributed by atoms with Crippen LogP contribution in [0.1, 0.15) is 18.1 Å². The minimum Gasteiger partial charge on any atom is -0.371 e. The minimum absolute atomic E-state index is 0.0796. The molecule has 2 N–H and O–H groups in total. The summed E-state index contributed by atoms with van der Waals surface area (Å²) in [5.41, 5.74) is 5.01. The van der Waals surface area contributed by atoms with Crippen molar-refractivity contribution < 1.29 is 9.53 Å². The van der Waals surface area contributed by atoms with Gasteiger partial charge in [0.2, 0.25) is 5.91 Å². The van der Waals surface area contributed by atoms with Gasteiger partial charge in [-0.15, -0.1) is 0 Å². The highest BCUT2D eigenvalue weighted by atomic mass is 16.5. The molecule has 1 atom stereocenters. The first-order valence-corrected chi connectivity index (χ1v) is 6.32. The van der Waals surface area contributed by atoms with Crippen molar-refractivity contribution in [3.63, 3.8) is 0 Å². The molecule has 1 unspecified atom stereocenters. The molecule has 1 aromatic rings. The van der Waals surface area contributed by atoms with Crippen LogP contribution in [0.5, 0.6) is 0 Å². The van der Waals surface area contributed by atoms with Crippen molar-refractivity contribution in [2.24, 2.45) is 0 Å². The van der Waals surface area contributed by atoms with Crippen LogP contribution in [0.3, 0.4) is 0 Å². The van der Waals surface area contributed by atoms with Crippen molar-refractivity contribution in [1.82, 2.24) is 10.7 Å². The first-order valence-electron chi connectivity index (χ1n) is 6.32. The molecule has 5 nitrogen and oxygen atoms in total. The van der Waals surface area contributed by atoms with Crippen LogP contribution in [0, 0.1) is 0 Å². The number of nitrogens with zero attached hydrogens (tertiary/aromatic N) is 1. The van der Waals surface area contributed by atoms with Gasteiger partial charge in [0, 0.05) is 26.1 Å². The number of nitrogens with one attached hydrogen (secondary N) is 2. The maximum atomic E-state index is 11.2. The van der Waals surface area contributed by atoms with Crippen LogP contribution < -0.4 is 15.8 Å². The highest BCUT2D eigenvalue weighted by Gasteiger charge is 2.20. The van der Waals surface area contributed by atoms with Gasteiger partial charge in [0.1, 0.15) is 0 Å². The van der Waals surface area contributed by atoms with Gasteiger partial charge in [-0.2, -0.15) is 0 Å². The van der Waals surface area contributed by atoms with Crippen LogP contribution >= 0.6 is 0 Å². The molecule has 2 fully saturated rings. The van der Waals surface area contributed by atoms with E-state index in [9.17, 15) is 4.79 Å². The summed E-state index contributed by atoms with van der Waals surface area (Å²) in [6, 6.07) is 8.17. The largest absolute Gasteiger partial charge is 0.371 e. The Morgan fingerprint density at radius 2 is 2.33 bits per heavy atom. The van der Waals surface area contributed by atoms with Crippen molar-refractivity contribution in [3.05, 3.63) is 29.8 Å². The molecule has 0 radical (unpaired) electrons. The van der Waals surface area contributed by atoms with E-state index >= 15 is 0 Å². The Kier molecular flexibility index (Phi) is 3.17. The molecule has 96 valence electrons. The molecule has 0 bridgehead atoms. The monoisotopic (exact) mass is 247 g/mol. The summed E-state index contributed by atoms with van der Waals surface area (Å²) in [5.74, 6) is 0.0796. The zero-order valence-corrected chi connectivity index (χ0v) is 10.2. The van der Waals surface area contributed by atoms with Crippen LogP contribution in [-0.2, 0) is 9.53 Å². The number of benzene rings is 1. The summed E-state index contributed by atoms with van der Waals surface area (Å²) in [6.45, 7) is 3.23. The Labute approximate surface area is 106 Å². The minimum atomic E-state index is 0.0796. The molecule has 2 heterocycles. The molecule has 0 saturated carbocycles. The van der Waals surface area contributed by atoms with Gasteiger partial charge >= 0.3 is 0 Å².